The largest absolute Gasteiger partial charge is 0.356 e. The molecule has 0 aliphatic carbocycles. The second-order valence-electron chi connectivity index (χ2n) is 7.42. The number of carbonyl (C=O) groups is 2. The van der Waals surface area contributed by atoms with Gasteiger partial charge in [0.05, 0.1) is 0 Å². The van der Waals surface area contributed by atoms with Crippen LogP contribution in [-0.4, -0.2) is 47.8 Å². The Morgan fingerprint density at radius 2 is 1.70 bits per heavy atom. The molecule has 0 N–H and O–H groups in total. The predicted octanol–water partition coefficient (Wildman–Crippen LogP) is 3.42. The van der Waals surface area contributed by atoms with Gasteiger partial charge in [0, 0.05) is 49.4 Å². The summed E-state index contributed by atoms with van der Waals surface area (Å²) in [5, 5.41) is 0. The molecule has 0 spiro atoms. The van der Waals surface area contributed by atoms with Crippen molar-refractivity contribution >= 4 is 17.5 Å². The maximum Gasteiger partial charge on any atom is 0.254 e. The number of benzene rings is 1. The Kier molecular flexibility index (Phi) is 5.19. The topological polar surface area (TPSA) is 53.5 Å². The zero-order chi connectivity index (χ0) is 18.6. The summed E-state index contributed by atoms with van der Waals surface area (Å²) in [6.45, 7) is 3.21. The summed E-state index contributed by atoms with van der Waals surface area (Å²) in [5.41, 5.74) is 1.47. The number of nitrogens with zero attached hydrogens (tertiary/aromatic N) is 3. The van der Waals surface area contributed by atoms with E-state index in [0.29, 0.717) is 12.1 Å². The number of amides is 1. The van der Waals surface area contributed by atoms with E-state index in [1.54, 1.807) is 12.3 Å². The summed E-state index contributed by atoms with van der Waals surface area (Å²) in [6, 6.07) is 13.2. The van der Waals surface area contributed by atoms with Crippen LogP contribution >= 0.6 is 0 Å². The van der Waals surface area contributed by atoms with Crippen LogP contribution in [0.5, 0.6) is 0 Å². The highest BCUT2D eigenvalue weighted by molar-refractivity contribution is 5.98. The van der Waals surface area contributed by atoms with Crippen LogP contribution in [0.25, 0.3) is 0 Å². The number of ketones is 1. The van der Waals surface area contributed by atoms with Gasteiger partial charge in [-0.3, -0.25) is 9.59 Å². The van der Waals surface area contributed by atoms with E-state index >= 15 is 0 Å². The number of Topliss-reactive ketones (excluding diaryl/α,β-unsaturated/α-hetero) is 1. The van der Waals surface area contributed by atoms with Crippen LogP contribution in [0.2, 0.25) is 0 Å². The lowest BCUT2D eigenvalue weighted by molar-refractivity contribution is 0.0792. The average Bonchev–Trinajstić information content (AvgIpc) is 3.28. The Bertz CT molecular complexity index is 815. The van der Waals surface area contributed by atoms with Crippen molar-refractivity contribution in [3.63, 3.8) is 0 Å². The van der Waals surface area contributed by atoms with Crippen LogP contribution in [-0.2, 0) is 0 Å². The lowest BCUT2D eigenvalue weighted by atomic mass is 9.90. The third kappa shape index (κ3) is 3.87. The van der Waals surface area contributed by atoms with Crippen LogP contribution < -0.4 is 4.90 Å². The van der Waals surface area contributed by atoms with E-state index in [4.69, 9.17) is 0 Å². The molecular formula is C22H25N3O2. The number of likely N-dealkylation sites (tertiary alicyclic amines) is 1. The number of pyridine rings is 1. The van der Waals surface area contributed by atoms with Gasteiger partial charge in [-0.15, -0.1) is 0 Å². The Labute approximate surface area is 160 Å². The number of rotatable bonds is 4. The molecule has 2 aromatic rings. The molecule has 3 heterocycles. The lowest BCUT2D eigenvalue weighted by Crippen LogP contribution is -2.39. The van der Waals surface area contributed by atoms with Gasteiger partial charge in [-0.25, -0.2) is 4.98 Å². The van der Waals surface area contributed by atoms with Crippen molar-refractivity contribution in [2.45, 2.75) is 25.7 Å². The highest BCUT2D eigenvalue weighted by atomic mass is 16.2. The normalized spacial score (nSPS) is 19.9. The van der Waals surface area contributed by atoms with Crippen molar-refractivity contribution in [1.29, 1.82) is 0 Å². The number of aromatic nitrogens is 1. The van der Waals surface area contributed by atoms with E-state index in [2.05, 4.69) is 9.88 Å². The first-order valence-electron chi connectivity index (χ1n) is 9.82. The molecule has 2 aliphatic rings. The van der Waals surface area contributed by atoms with Gasteiger partial charge in [-0.2, -0.15) is 0 Å². The number of hydrogen-bond acceptors (Lipinski definition) is 4. The van der Waals surface area contributed by atoms with E-state index in [0.717, 1.165) is 56.7 Å². The first kappa shape index (κ1) is 17.7. The smallest absolute Gasteiger partial charge is 0.254 e. The van der Waals surface area contributed by atoms with Crippen molar-refractivity contribution in [3.8, 4) is 0 Å². The third-order valence-corrected chi connectivity index (χ3v) is 5.56. The highest BCUT2D eigenvalue weighted by Crippen LogP contribution is 2.25. The molecular weight excluding hydrogens is 338 g/mol. The first-order valence-corrected chi connectivity index (χ1v) is 9.82. The third-order valence-electron chi connectivity index (χ3n) is 5.56. The summed E-state index contributed by atoms with van der Waals surface area (Å²) < 4.78 is 0. The van der Waals surface area contributed by atoms with Crippen LogP contribution in [0.1, 0.15) is 46.4 Å². The van der Waals surface area contributed by atoms with E-state index in [9.17, 15) is 9.59 Å². The number of piperidine rings is 1. The SMILES string of the molecule is O=C(c1ccccc1)[C@@H]1CCCN(c2cc(C(=O)N3CCCC3)ccn2)C1. The fourth-order valence-corrected chi connectivity index (χ4v) is 4.06. The fraction of sp³-hybridized carbons (Fsp3) is 0.409. The molecule has 1 aromatic carbocycles. The monoisotopic (exact) mass is 363 g/mol. The minimum Gasteiger partial charge on any atom is -0.356 e. The van der Waals surface area contributed by atoms with E-state index in [1.165, 1.54) is 0 Å². The summed E-state index contributed by atoms with van der Waals surface area (Å²) in [4.78, 5) is 34.0. The second-order valence-corrected chi connectivity index (χ2v) is 7.42. The summed E-state index contributed by atoms with van der Waals surface area (Å²) in [6.07, 6.45) is 5.73. The molecule has 27 heavy (non-hydrogen) atoms. The molecule has 0 bridgehead atoms. The van der Waals surface area contributed by atoms with Gasteiger partial charge in [0.1, 0.15) is 5.82 Å². The first-order chi connectivity index (χ1) is 13.2. The van der Waals surface area contributed by atoms with Gasteiger partial charge < -0.3 is 9.80 Å². The van der Waals surface area contributed by atoms with Gasteiger partial charge in [-0.1, -0.05) is 30.3 Å². The fourth-order valence-electron chi connectivity index (χ4n) is 4.06. The molecule has 1 aromatic heterocycles. The number of anilines is 1. The van der Waals surface area contributed by atoms with Crippen LogP contribution in [0.15, 0.2) is 48.7 Å². The van der Waals surface area contributed by atoms with Crippen molar-refractivity contribution in [3.05, 3.63) is 59.8 Å². The quantitative estimate of drug-likeness (QED) is 0.781. The maximum absolute atomic E-state index is 12.8. The van der Waals surface area contributed by atoms with Crippen LogP contribution in [0.4, 0.5) is 5.82 Å². The minimum absolute atomic E-state index is 0.0270. The molecule has 2 aliphatic heterocycles. The van der Waals surface area contributed by atoms with Crippen LogP contribution in [0.3, 0.4) is 0 Å². The molecule has 0 radical (unpaired) electrons. The van der Waals surface area contributed by atoms with E-state index in [-0.39, 0.29) is 17.6 Å². The molecule has 2 fully saturated rings. The summed E-state index contributed by atoms with van der Waals surface area (Å²) in [7, 11) is 0. The molecule has 5 heteroatoms. The molecule has 4 rings (SSSR count). The van der Waals surface area contributed by atoms with Gasteiger partial charge in [-0.05, 0) is 37.8 Å². The standard InChI is InChI=1S/C22H25N3O2/c26-21(17-7-2-1-3-8-17)19-9-6-14-25(16-19)20-15-18(10-11-23-20)22(27)24-12-4-5-13-24/h1-3,7-8,10-11,15,19H,4-6,9,12-14,16H2/t19-/m1/s1. The Hall–Kier alpha value is -2.69. The van der Waals surface area contributed by atoms with Crippen molar-refractivity contribution < 1.29 is 9.59 Å². The molecule has 5 nitrogen and oxygen atoms in total. The van der Waals surface area contributed by atoms with Crippen molar-refractivity contribution in [2.75, 3.05) is 31.1 Å². The van der Waals surface area contributed by atoms with Crippen molar-refractivity contribution in [2.24, 2.45) is 5.92 Å². The highest BCUT2D eigenvalue weighted by Gasteiger charge is 2.28. The van der Waals surface area contributed by atoms with Crippen LogP contribution in [0, 0.1) is 5.92 Å². The Morgan fingerprint density at radius 3 is 2.48 bits per heavy atom. The average molecular weight is 363 g/mol. The minimum atomic E-state index is -0.0270. The van der Waals surface area contributed by atoms with Gasteiger partial charge >= 0.3 is 0 Å². The van der Waals surface area contributed by atoms with Gasteiger partial charge in [0.15, 0.2) is 5.78 Å². The van der Waals surface area contributed by atoms with E-state index < -0.39 is 0 Å². The maximum atomic E-state index is 12.8. The Balaban J connectivity index is 1.49. The summed E-state index contributed by atoms with van der Waals surface area (Å²) in [5.74, 6) is 1.06. The van der Waals surface area contributed by atoms with Crippen molar-refractivity contribution in [1.82, 2.24) is 9.88 Å². The lowest BCUT2D eigenvalue weighted by Gasteiger charge is -2.33. The molecule has 1 amide bonds. The zero-order valence-electron chi connectivity index (χ0n) is 15.5. The second kappa shape index (κ2) is 7.91. The predicted molar refractivity (Wildman–Crippen MR) is 105 cm³/mol. The summed E-state index contributed by atoms with van der Waals surface area (Å²) >= 11 is 0. The molecule has 0 unspecified atom stereocenters. The molecule has 140 valence electrons. The molecule has 1 atom stereocenters. The molecule has 2 saturated heterocycles. The zero-order valence-corrected chi connectivity index (χ0v) is 15.5. The van der Waals surface area contributed by atoms with Gasteiger partial charge in [0.25, 0.3) is 5.91 Å². The van der Waals surface area contributed by atoms with Gasteiger partial charge in [0.2, 0.25) is 0 Å². The number of hydrogen-bond donors (Lipinski definition) is 0. The van der Waals surface area contributed by atoms with E-state index in [1.807, 2.05) is 41.3 Å². The Morgan fingerprint density at radius 1 is 0.926 bits per heavy atom. The molecule has 0 saturated carbocycles. The number of carbonyl (C=O) groups excluding carboxylic acids is 2.